The van der Waals surface area contributed by atoms with Crippen molar-refractivity contribution in [2.24, 2.45) is 0 Å². The second-order valence-corrected chi connectivity index (χ2v) is 6.69. The van der Waals surface area contributed by atoms with Crippen LogP contribution in [0.2, 0.25) is 0 Å². The molecule has 0 bridgehead atoms. The van der Waals surface area contributed by atoms with Gasteiger partial charge in [0, 0.05) is 18.3 Å². The summed E-state index contributed by atoms with van der Waals surface area (Å²) in [5, 5.41) is 5.74. The van der Waals surface area contributed by atoms with E-state index in [0.29, 0.717) is 6.42 Å². The fraction of sp³-hybridized carbons (Fsp3) is 0.333. The Labute approximate surface area is 148 Å². The van der Waals surface area contributed by atoms with E-state index in [1.54, 1.807) is 0 Å². The number of fused-ring (bicyclic) bond motifs is 1. The third-order valence-electron chi connectivity index (χ3n) is 4.70. The third kappa shape index (κ3) is 4.27. The Morgan fingerprint density at radius 1 is 0.960 bits per heavy atom. The van der Waals surface area contributed by atoms with Crippen LogP contribution in [0, 0.1) is 6.92 Å². The molecule has 1 aliphatic rings. The standard InChI is InChI=1S/C21H24N2O2/c1-14-19(22-15(2)24)8-5-9-20(14)23-21(25)13-16-10-11-17-6-3-4-7-18(17)12-16/h5,8-12H,3-4,6-7,13H2,1-2H3,(H,22,24)(H,23,25). The molecule has 2 aromatic rings. The Kier molecular flexibility index (Phi) is 5.17. The number of nitrogens with one attached hydrogen (secondary N) is 2. The van der Waals surface area contributed by atoms with Gasteiger partial charge in [0.15, 0.2) is 0 Å². The predicted molar refractivity (Wildman–Crippen MR) is 101 cm³/mol. The smallest absolute Gasteiger partial charge is 0.228 e. The molecule has 0 aromatic heterocycles. The van der Waals surface area contributed by atoms with E-state index in [4.69, 9.17) is 0 Å². The van der Waals surface area contributed by atoms with Gasteiger partial charge in [0.25, 0.3) is 0 Å². The van der Waals surface area contributed by atoms with E-state index >= 15 is 0 Å². The number of carbonyl (C=O) groups excluding carboxylic acids is 2. The Morgan fingerprint density at radius 2 is 1.64 bits per heavy atom. The maximum absolute atomic E-state index is 12.4. The predicted octanol–water partition coefficient (Wildman–Crippen LogP) is 4.01. The molecule has 3 rings (SSSR count). The number of rotatable bonds is 4. The molecule has 2 amide bonds. The molecule has 0 saturated carbocycles. The molecule has 25 heavy (non-hydrogen) atoms. The topological polar surface area (TPSA) is 58.2 Å². The van der Waals surface area contributed by atoms with Gasteiger partial charge >= 0.3 is 0 Å². The van der Waals surface area contributed by atoms with Crippen LogP contribution in [0.15, 0.2) is 36.4 Å². The summed E-state index contributed by atoms with van der Waals surface area (Å²) in [6.45, 7) is 3.36. The summed E-state index contributed by atoms with van der Waals surface area (Å²) in [5.74, 6) is -0.167. The van der Waals surface area contributed by atoms with Crippen LogP contribution in [0.3, 0.4) is 0 Å². The van der Waals surface area contributed by atoms with Crippen LogP contribution in [0.4, 0.5) is 11.4 Å². The SMILES string of the molecule is CC(=O)Nc1cccc(NC(=O)Cc2ccc3c(c2)CCCC3)c1C. The summed E-state index contributed by atoms with van der Waals surface area (Å²) in [5.41, 5.74) is 6.17. The molecule has 0 fully saturated rings. The maximum Gasteiger partial charge on any atom is 0.228 e. The molecule has 0 aliphatic heterocycles. The number of aryl methyl sites for hydroxylation is 2. The van der Waals surface area contributed by atoms with Gasteiger partial charge in [-0.1, -0.05) is 24.3 Å². The number of carbonyl (C=O) groups is 2. The van der Waals surface area contributed by atoms with Crippen LogP contribution in [-0.2, 0) is 28.9 Å². The summed E-state index contributed by atoms with van der Waals surface area (Å²) in [6, 6.07) is 11.9. The average Bonchev–Trinajstić information content (AvgIpc) is 2.58. The average molecular weight is 336 g/mol. The van der Waals surface area contributed by atoms with Gasteiger partial charge in [-0.15, -0.1) is 0 Å². The van der Waals surface area contributed by atoms with E-state index in [-0.39, 0.29) is 11.8 Å². The van der Waals surface area contributed by atoms with E-state index in [1.165, 1.54) is 30.9 Å². The van der Waals surface area contributed by atoms with Crippen molar-refractivity contribution in [1.82, 2.24) is 0 Å². The Hall–Kier alpha value is -2.62. The molecule has 130 valence electrons. The van der Waals surface area contributed by atoms with Crippen LogP contribution in [0.25, 0.3) is 0 Å². The molecule has 2 aromatic carbocycles. The number of amides is 2. The fourth-order valence-electron chi connectivity index (χ4n) is 3.37. The van der Waals surface area contributed by atoms with Crippen LogP contribution in [0.5, 0.6) is 0 Å². The molecule has 4 heteroatoms. The Bertz CT molecular complexity index is 812. The van der Waals surface area contributed by atoms with Gasteiger partial charge in [-0.3, -0.25) is 9.59 Å². The van der Waals surface area contributed by atoms with Crippen molar-refractivity contribution in [1.29, 1.82) is 0 Å². The van der Waals surface area contributed by atoms with Crippen LogP contribution >= 0.6 is 0 Å². The normalized spacial score (nSPS) is 13.0. The summed E-state index contributed by atoms with van der Waals surface area (Å²) in [4.78, 5) is 23.7. The molecule has 0 unspecified atom stereocenters. The number of hydrogen-bond donors (Lipinski definition) is 2. The van der Waals surface area contributed by atoms with Gasteiger partial charge in [-0.25, -0.2) is 0 Å². The van der Waals surface area contributed by atoms with E-state index in [2.05, 4.69) is 28.8 Å². The highest BCUT2D eigenvalue weighted by atomic mass is 16.2. The molecule has 0 spiro atoms. The van der Waals surface area contributed by atoms with Gasteiger partial charge in [0.2, 0.25) is 11.8 Å². The zero-order valence-electron chi connectivity index (χ0n) is 14.8. The number of anilines is 2. The largest absolute Gasteiger partial charge is 0.326 e. The Morgan fingerprint density at radius 3 is 2.36 bits per heavy atom. The van der Waals surface area contributed by atoms with E-state index in [1.807, 2.05) is 25.1 Å². The van der Waals surface area contributed by atoms with Gasteiger partial charge < -0.3 is 10.6 Å². The lowest BCUT2D eigenvalue weighted by Crippen LogP contribution is -2.16. The van der Waals surface area contributed by atoms with E-state index in [0.717, 1.165) is 35.3 Å². The second kappa shape index (κ2) is 7.51. The van der Waals surface area contributed by atoms with Gasteiger partial charge in [0.05, 0.1) is 6.42 Å². The highest BCUT2D eigenvalue weighted by molar-refractivity contribution is 5.95. The molecule has 1 aliphatic carbocycles. The lowest BCUT2D eigenvalue weighted by Gasteiger charge is -2.17. The fourth-order valence-corrected chi connectivity index (χ4v) is 3.37. The van der Waals surface area contributed by atoms with Crippen molar-refractivity contribution in [2.75, 3.05) is 10.6 Å². The van der Waals surface area contributed by atoms with Crippen molar-refractivity contribution in [3.63, 3.8) is 0 Å². The lowest BCUT2D eigenvalue weighted by molar-refractivity contribution is -0.115. The number of hydrogen-bond acceptors (Lipinski definition) is 2. The first kappa shape index (κ1) is 17.2. The monoisotopic (exact) mass is 336 g/mol. The quantitative estimate of drug-likeness (QED) is 0.886. The van der Waals surface area contributed by atoms with Crippen molar-refractivity contribution >= 4 is 23.2 Å². The first-order valence-electron chi connectivity index (χ1n) is 8.80. The molecule has 0 radical (unpaired) electrons. The third-order valence-corrected chi connectivity index (χ3v) is 4.70. The zero-order valence-corrected chi connectivity index (χ0v) is 14.8. The van der Waals surface area contributed by atoms with Crippen molar-refractivity contribution < 1.29 is 9.59 Å². The summed E-state index contributed by atoms with van der Waals surface area (Å²) in [7, 11) is 0. The first-order chi connectivity index (χ1) is 12.0. The van der Waals surface area contributed by atoms with Crippen molar-refractivity contribution in [3.8, 4) is 0 Å². The van der Waals surface area contributed by atoms with Gasteiger partial charge in [-0.2, -0.15) is 0 Å². The van der Waals surface area contributed by atoms with Crippen molar-refractivity contribution in [3.05, 3.63) is 58.7 Å². The van der Waals surface area contributed by atoms with Crippen LogP contribution in [-0.4, -0.2) is 11.8 Å². The lowest BCUT2D eigenvalue weighted by atomic mass is 9.90. The minimum absolute atomic E-state index is 0.0427. The Balaban J connectivity index is 1.70. The van der Waals surface area contributed by atoms with Crippen LogP contribution in [0.1, 0.15) is 42.0 Å². The molecule has 0 atom stereocenters. The zero-order chi connectivity index (χ0) is 17.8. The molecular formula is C21H24N2O2. The first-order valence-corrected chi connectivity index (χ1v) is 8.80. The summed E-state index contributed by atoms with van der Waals surface area (Å²) >= 11 is 0. The van der Waals surface area contributed by atoms with E-state index < -0.39 is 0 Å². The van der Waals surface area contributed by atoms with Crippen LogP contribution < -0.4 is 10.6 Å². The van der Waals surface area contributed by atoms with Gasteiger partial charge in [0.1, 0.15) is 0 Å². The molecule has 2 N–H and O–H groups in total. The van der Waals surface area contributed by atoms with Crippen molar-refractivity contribution in [2.45, 2.75) is 46.0 Å². The minimum atomic E-state index is -0.124. The molecular weight excluding hydrogens is 312 g/mol. The second-order valence-electron chi connectivity index (χ2n) is 6.69. The highest BCUT2D eigenvalue weighted by Gasteiger charge is 2.12. The van der Waals surface area contributed by atoms with E-state index in [9.17, 15) is 9.59 Å². The summed E-state index contributed by atoms with van der Waals surface area (Å²) in [6.07, 6.45) is 5.12. The maximum atomic E-state index is 12.4. The number of benzene rings is 2. The minimum Gasteiger partial charge on any atom is -0.326 e. The highest BCUT2D eigenvalue weighted by Crippen LogP contribution is 2.25. The van der Waals surface area contributed by atoms with Gasteiger partial charge in [-0.05, 0) is 67.0 Å². The molecule has 0 saturated heterocycles. The summed E-state index contributed by atoms with van der Waals surface area (Å²) < 4.78 is 0. The molecule has 0 heterocycles. The molecule has 4 nitrogen and oxygen atoms in total.